The van der Waals surface area contributed by atoms with Gasteiger partial charge in [0.1, 0.15) is 0 Å². The first-order valence-corrected chi connectivity index (χ1v) is 9.74. The van der Waals surface area contributed by atoms with Crippen LogP contribution in [0.3, 0.4) is 0 Å². The number of carbonyl (C=O) groups is 1. The van der Waals surface area contributed by atoms with Gasteiger partial charge in [-0.3, -0.25) is 4.79 Å². The number of carbonyl (C=O) groups excluding carboxylic acids is 1. The Labute approximate surface area is 157 Å². The highest BCUT2D eigenvalue weighted by Gasteiger charge is 2.34. The molecule has 0 bridgehead atoms. The predicted molar refractivity (Wildman–Crippen MR) is 103 cm³/mol. The molecule has 1 aliphatic rings. The van der Waals surface area contributed by atoms with E-state index in [1.165, 1.54) is 10.4 Å². The topological polar surface area (TPSA) is 59.8 Å². The van der Waals surface area contributed by atoms with Crippen molar-refractivity contribution in [3.63, 3.8) is 0 Å². The van der Waals surface area contributed by atoms with Crippen LogP contribution in [0.2, 0.25) is 0 Å². The predicted octanol–water partition coefficient (Wildman–Crippen LogP) is 4.31. The van der Waals surface area contributed by atoms with Crippen molar-refractivity contribution in [2.45, 2.75) is 45.6 Å². The second kappa shape index (κ2) is 6.68. The summed E-state index contributed by atoms with van der Waals surface area (Å²) in [5.41, 5.74) is 3.53. The lowest BCUT2D eigenvalue weighted by Gasteiger charge is -2.12. The van der Waals surface area contributed by atoms with Crippen molar-refractivity contribution in [1.82, 2.24) is 20.3 Å². The van der Waals surface area contributed by atoms with E-state index in [2.05, 4.69) is 53.7 Å². The minimum Gasteiger partial charge on any atom is -0.343 e. The van der Waals surface area contributed by atoms with Crippen LogP contribution in [-0.4, -0.2) is 20.9 Å². The zero-order valence-electron chi connectivity index (χ0n) is 15.2. The first-order valence-electron chi connectivity index (χ1n) is 8.93. The van der Waals surface area contributed by atoms with Gasteiger partial charge in [0, 0.05) is 15.7 Å². The molecular weight excluding hydrogens is 344 g/mol. The number of nitrogens with one attached hydrogen (secondary N) is 1. The molecule has 0 aliphatic heterocycles. The highest BCUT2D eigenvalue weighted by Crippen LogP contribution is 2.42. The number of aromatic nitrogens is 3. The first-order chi connectivity index (χ1) is 12.5. The van der Waals surface area contributed by atoms with Crippen LogP contribution < -0.4 is 5.32 Å². The monoisotopic (exact) mass is 366 g/mol. The number of hydrogen-bond donors (Lipinski definition) is 1. The summed E-state index contributed by atoms with van der Waals surface area (Å²) in [7, 11) is 0. The summed E-state index contributed by atoms with van der Waals surface area (Å²) >= 11 is 1.70. The maximum Gasteiger partial charge on any atom is 0.274 e. The van der Waals surface area contributed by atoms with E-state index >= 15 is 0 Å². The van der Waals surface area contributed by atoms with Crippen molar-refractivity contribution >= 4 is 17.2 Å². The van der Waals surface area contributed by atoms with E-state index in [1.807, 2.05) is 23.7 Å². The first kappa shape index (κ1) is 17.0. The van der Waals surface area contributed by atoms with Crippen LogP contribution in [0, 0.1) is 13.8 Å². The molecule has 134 valence electrons. The lowest BCUT2D eigenvalue weighted by molar-refractivity contribution is 0.0934. The van der Waals surface area contributed by atoms with Gasteiger partial charge in [-0.05, 0) is 57.9 Å². The maximum absolute atomic E-state index is 12.9. The summed E-state index contributed by atoms with van der Waals surface area (Å²) in [6.07, 6.45) is 2.17. The molecule has 4 rings (SSSR count). The van der Waals surface area contributed by atoms with Crippen molar-refractivity contribution in [2.75, 3.05) is 0 Å². The number of rotatable bonds is 5. The molecule has 6 heteroatoms. The Bertz CT molecular complexity index is 937. The summed E-state index contributed by atoms with van der Waals surface area (Å²) < 4.78 is 1.83. The molecule has 5 nitrogen and oxygen atoms in total. The zero-order chi connectivity index (χ0) is 18.3. The fraction of sp³-hybridized carbons (Fsp3) is 0.350. The molecular formula is C20H22N4OS. The Morgan fingerprint density at radius 3 is 2.54 bits per heavy atom. The fourth-order valence-corrected chi connectivity index (χ4v) is 3.95. The van der Waals surface area contributed by atoms with Gasteiger partial charge in [-0.15, -0.1) is 16.4 Å². The molecule has 1 aliphatic carbocycles. The molecule has 0 radical (unpaired) electrons. The van der Waals surface area contributed by atoms with E-state index in [1.54, 1.807) is 11.3 Å². The molecule has 1 N–H and O–H groups in total. The molecule has 1 unspecified atom stereocenters. The van der Waals surface area contributed by atoms with Gasteiger partial charge in [0.25, 0.3) is 5.91 Å². The van der Waals surface area contributed by atoms with Gasteiger partial charge in [-0.2, -0.15) is 0 Å². The van der Waals surface area contributed by atoms with Crippen LogP contribution in [0.4, 0.5) is 0 Å². The molecule has 26 heavy (non-hydrogen) atoms. The minimum atomic E-state index is -0.149. The van der Waals surface area contributed by atoms with Crippen molar-refractivity contribution in [3.05, 3.63) is 63.1 Å². The Morgan fingerprint density at radius 1 is 1.19 bits per heavy atom. The Morgan fingerprint density at radius 2 is 1.92 bits per heavy atom. The molecule has 1 amide bonds. The standard InChI is InChI=1S/C20H22N4OS/c1-12-4-9-16(10-5-12)24-19(15-7-8-15)18(22-23-24)20(25)21-14(3)17-11-6-13(2)26-17/h4-6,9-11,14-15H,7-8H2,1-3H3,(H,21,25). The molecule has 2 heterocycles. The normalized spacial score (nSPS) is 15.0. The van der Waals surface area contributed by atoms with Crippen LogP contribution in [0.5, 0.6) is 0 Å². The van der Waals surface area contributed by atoms with E-state index in [0.717, 1.165) is 29.1 Å². The second-order valence-electron chi connectivity index (χ2n) is 6.99. The molecule has 1 saturated carbocycles. The summed E-state index contributed by atoms with van der Waals surface area (Å²) in [6.45, 7) is 6.13. The summed E-state index contributed by atoms with van der Waals surface area (Å²) in [5, 5.41) is 11.6. The van der Waals surface area contributed by atoms with Crippen LogP contribution in [0.1, 0.15) is 63.2 Å². The van der Waals surface area contributed by atoms with E-state index in [0.29, 0.717) is 11.6 Å². The Kier molecular flexibility index (Phi) is 4.36. The Balaban J connectivity index is 1.62. The van der Waals surface area contributed by atoms with Gasteiger partial charge in [0.05, 0.1) is 17.4 Å². The lowest BCUT2D eigenvalue weighted by atomic mass is 10.1. The van der Waals surface area contributed by atoms with Crippen LogP contribution in [0.15, 0.2) is 36.4 Å². The van der Waals surface area contributed by atoms with E-state index in [9.17, 15) is 4.79 Å². The van der Waals surface area contributed by atoms with Gasteiger partial charge >= 0.3 is 0 Å². The number of aryl methyl sites for hydroxylation is 2. The highest BCUT2D eigenvalue weighted by atomic mass is 32.1. The number of nitrogens with zero attached hydrogens (tertiary/aromatic N) is 3. The third kappa shape index (κ3) is 3.29. The van der Waals surface area contributed by atoms with Crippen molar-refractivity contribution in [1.29, 1.82) is 0 Å². The smallest absolute Gasteiger partial charge is 0.274 e. The van der Waals surface area contributed by atoms with Gasteiger partial charge in [-0.25, -0.2) is 4.68 Å². The van der Waals surface area contributed by atoms with Gasteiger partial charge in [0.2, 0.25) is 0 Å². The highest BCUT2D eigenvalue weighted by molar-refractivity contribution is 7.12. The molecule has 0 spiro atoms. The number of benzene rings is 1. The number of amides is 1. The van der Waals surface area contributed by atoms with Crippen LogP contribution >= 0.6 is 11.3 Å². The molecule has 0 saturated heterocycles. The van der Waals surface area contributed by atoms with Crippen molar-refractivity contribution < 1.29 is 4.79 Å². The molecule has 1 atom stereocenters. The summed E-state index contributed by atoms with van der Waals surface area (Å²) in [6, 6.07) is 12.2. The fourth-order valence-electron chi connectivity index (χ4n) is 3.07. The van der Waals surface area contributed by atoms with Crippen LogP contribution in [-0.2, 0) is 0 Å². The Hall–Kier alpha value is -2.47. The SMILES string of the molecule is Cc1ccc(-n2nnc(C(=O)NC(C)c3ccc(C)s3)c2C2CC2)cc1. The van der Waals surface area contributed by atoms with E-state index in [4.69, 9.17) is 0 Å². The van der Waals surface area contributed by atoms with Gasteiger partial charge in [0.15, 0.2) is 5.69 Å². The summed E-state index contributed by atoms with van der Waals surface area (Å²) in [5.74, 6) is 0.218. The molecule has 1 aromatic carbocycles. The van der Waals surface area contributed by atoms with Crippen molar-refractivity contribution in [3.8, 4) is 5.69 Å². The van der Waals surface area contributed by atoms with E-state index < -0.39 is 0 Å². The van der Waals surface area contributed by atoms with Gasteiger partial charge < -0.3 is 5.32 Å². The molecule has 2 aromatic heterocycles. The molecule has 1 fully saturated rings. The largest absolute Gasteiger partial charge is 0.343 e. The summed E-state index contributed by atoms with van der Waals surface area (Å²) in [4.78, 5) is 15.3. The van der Waals surface area contributed by atoms with Crippen molar-refractivity contribution in [2.24, 2.45) is 0 Å². The average molecular weight is 366 g/mol. The minimum absolute atomic E-state index is 0.0437. The van der Waals surface area contributed by atoms with E-state index in [-0.39, 0.29) is 11.9 Å². The number of hydrogen-bond acceptors (Lipinski definition) is 4. The molecule has 3 aromatic rings. The van der Waals surface area contributed by atoms with Gasteiger partial charge in [-0.1, -0.05) is 22.9 Å². The average Bonchev–Trinajstić information content (AvgIpc) is 3.20. The second-order valence-corrected chi connectivity index (χ2v) is 8.31. The quantitative estimate of drug-likeness (QED) is 0.732. The number of thiophene rings is 1. The zero-order valence-corrected chi connectivity index (χ0v) is 16.0. The lowest BCUT2D eigenvalue weighted by Crippen LogP contribution is -2.27. The van der Waals surface area contributed by atoms with Crippen LogP contribution in [0.25, 0.3) is 5.69 Å². The third-order valence-electron chi connectivity index (χ3n) is 4.70. The maximum atomic E-state index is 12.9. The third-order valence-corrected chi connectivity index (χ3v) is 5.88.